The molecule has 0 atom stereocenters. The molecule has 0 unspecified atom stereocenters. The fourth-order valence-corrected chi connectivity index (χ4v) is 1.93. The molecule has 0 aromatic heterocycles. The van der Waals surface area contributed by atoms with Gasteiger partial charge < -0.3 is 16.0 Å². The van der Waals surface area contributed by atoms with Crippen molar-refractivity contribution in [2.45, 2.75) is 32.6 Å². The van der Waals surface area contributed by atoms with E-state index < -0.39 is 0 Å². The maximum absolute atomic E-state index is 11.6. The summed E-state index contributed by atoms with van der Waals surface area (Å²) in [4.78, 5) is 22.8. The Morgan fingerprint density at radius 3 is 2.44 bits per heavy atom. The van der Waals surface area contributed by atoms with Crippen molar-refractivity contribution in [1.29, 1.82) is 0 Å². The predicted octanol–water partition coefficient (Wildman–Crippen LogP) is 0.440. The van der Waals surface area contributed by atoms with E-state index in [0.717, 1.165) is 32.4 Å². The van der Waals surface area contributed by atoms with E-state index in [0.29, 0.717) is 18.9 Å². The Morgan fingerprint density at radius 2 is 1.83 bits per heavy atom. The lowest BCUT2D eigenvalue weighted by atomic mass is 9.94. The molecule has 0 aromatic rings. The SMILES string of the molecule is CCCNC(=O)CNC(=O)CC1CCNCC1.Cl. The third kappa shape index (κ3) is 7.50. The molecular weight excluding hydrogens is 254 g/mol. The van der Waals surface area contributed by atoms with Crippen molar-refractivity contribution in [2.24, 2.45) is 5.92 Å². The van der Waals surface area contributed by atoms with Crippen molar-refractivity contribution in [3.63, 3.8) is 0 Å². The van der Waals surface area contributed by atoms with Gasteiger partial charge in [0.15, 0.2) is 0 Å². The first kappa shape index (κ1) is 17.2. The number of amides is 2. The largest absolute Gasteiger partial charge is 0.355 e. The van der Waals surface area contributed by atoms with E-state index in [4.69, 9.17) is 0 Å². The molecule has 1 aliphatic heterocycles. The number of halogens is 1. The van der Waals surface area contributed by atoms with Gasteiger partial charge in [-0.1, -0.05) is 6.92 Å². The highest BCUT2D eigenvalue weighted by Crippen LogP contribution is 2.15. The van der Waals surface area contributed by atoms with E-state index in [-0.39, 0.29) is 30.8 Å². The van der Waals surface area contributed by atoms with Crippen molar-refractivity contribution >= 4 is 24.2 Å². The first-order valence-corrected chi connectivity index (χ1v) is 6.46. The van der Waals surface area contributed by atoms with E-state index in [1.54, 1.807) is 0 Å². The van der Waals surface area contributed by atoms with Crippen LogP contribution in [0.15, 0.2) is 0 Å². The van der Waals surface area contributed by atoms with E-state index in [2.05, 4.69) is 16.0 Å². The molecule has 2 amide bonds. The lowest BCUT2D eigenvalue weighted by Gasteiger charge is -2.21. The first-order chi connectivity index (χ1) is 8.22. The van der Waals surface area contributed by atoms with Crippen LogP contribution in [-0.4, -0.2) is 38.0 Å². The molecule has 1 aliphatic rings. The van der Waals surface area contributed by atoms with Gasteiger partial charge in [0.2, 0.25) is 11.8 Å². The van der Waals surface area contributed by atoms with Crippen LogP contribution in [0.3, 0.4) is 0 Å². The Balaban J connectivity index is 0.00000289. The predicted molar refractivity (Wildman–Crippen MR) is 73.8 cm³/mol. The number of hydrogen-bond acceptors (Lipinski definition) is 3. The third-order valence-corrected chi connectivity index (χ3v) is 2.95. The van der Waals surface area contributed by atoms with E-state index >= 15 is 0 Å². The monoisotopic (exact) mass is 277 g/mol. The lowest BCUT2D eigenvalue weighted by Crippen LogP contribution is -2.38. The molecular formula is C12H24ClN3O2. The Labute approximate surface area is 115 Å². The molecule has 5 nitrogen and oxygen atoms in total. The normalized spacial score (nSPS) is 15.6. The van der Waals surface area contributed by atoms with Gasteiger partial charge in [-0.15, -0.1) is 12.4 Å². The molecule has 1 rings (SSSR count). The molecule has 3 N–H and O–H groups in total. The quantitative estimate of drug-likeness (QED) is 0.660. The zero-order valence-corrected chi connectivity index (χ0v) is 11.8. The summed E-state index contributed by atoms with van der Waals surface area (Å²) < 4.78 is 0. The van der Waals surface area contributed by atoms with Gasteiger partial charge in [0.25, 0.3) is 0 Å². The van der Waals surface area contributed by atoms with Crippen molar-refractivity contribution in [3.8, 4) is 0 Å². The van der Waals surface area contributed by atoms with Crippen LogP contribution in [0.2, 0.25) is 0 Å². The molecule has 0 spiro atoms. The van der Waals surface area contributed by atoms with Gasteiger partial charge in [0.05, 0.1) is 6.54 Å². The number of rotatable bonds is 6. The van der Waals surface area contributed by atoms with Gasteiger partial charge in [-0.2, -0.15) is 0 Å². The van der Waals surface area contributed by atoms with E-state index in [9.17, 15) is 9.59 Å². The van der Waals surface area contributed by atoms with E-state index in [1.807, 2.05) is 6.92 Å². The zero-order valence-electron chi connectivity index (χ0n) is 11.0. The van der Waals surface area contributed by atoms with Crippen LogP contribution in [0.4, 0.5) is 0 Å². The summed E-state index contributed by atoms with van der Waals surface area (Å²) in [7, 11) is 0. The number of carbonyl (C=O) groups excluding carboxylic acids is 2. The van der Waals surface area contributed by atoms with Gasteiger partial charge in [0, 0.05) is 13.0 Å². The molecule has 0 aliphatic carbocycles. The molecule has 0 radical (unpaired) electrons. The average Bonchev–Trinajstić information content (AvgIpc) is 2.35. The summed E-state index contributed by atoms with van der Waals surface area (Å²) in [5.74, 6) is 0.351. The highest BCUT2D eigenvalue weighted by Gasteiger charge is 2.16. The minimum Gasteiger partial charge on any atom is -0.355 e. The first-order valence-electron chi connectivity index (χ1n) is 6.46. The maximum atomic E-state index is 11.6. The second-order valence-electron chi connectivity index (χ2n) is 4.52. The van der Waals surface area contributed by atoms with Crippen LogP contribution in [0, 0.1) is 5.92 Å². The van der Waals surface area contributed by atoms with Crippen molar-refractivity contribution in [2.75, 3.05) is 26.2 Å². The molecule has 1 heterocycles. The summed E-state index contributed by atoms with van der Waals surface area (Å²) in [5.41, 5.74) is 0. The third-order valence-electron chi connectivity index (χ3n) is 2.95. The standard InChI is InChI=1S/C12H23N3O2.ClH/c1-2-5-14-12(17)9-15-11(16)8-10-3-6-13-7-4-10;/h10,13H,2-9H2,1H3,(H,14,17)(H,15,16);1H. The molecule has 6 heteroatoms. The van der Waals surface area contributed by atoms with Gasteiger partial charge in [0.1, 0.15) is 0 Å². The average molecular weight is 278 g/mol. The molecule has 106 valence electrons. The summed E-state index contributed by atoms with van der Waals surface area (Å²) in [6.07, 6.45) is 3.56. The van der Waals surface area contributed by atoms with Gasteiger partial charge in [-0.3, -0.25) is 9.59 Å². The maximum Gasteiger partial charge on any atom is 0.239 e. The number of hydrogen-bond donors (Lipinski definition) is 3. The fraction of sp³-hybridized carbons (Fsp3) is 0.833. The molecule has 18 heavy (non-hydrogen) atoms. The van der Waals surface area contributed by atoms with Crippen LogP contribution >= 0.6 is 12.4 Å². The summed E-state index contributed by atoms with van der Waals surface area (Å²) in [5, 5.41) is 8.66. The van der Waals surface area contributed by atoms with Crippen molar-refractivity contribution < 1.29 is 9.59 Å². The molecule has 1 saturated heterocycles. The van der Waals surface area contributed by atoms with Crippen LogP contribution in [0.25, 0.3) is 0 Å². The number of carbonyl (C=O) groups is 2. The number of piperidine rings is 1. The van der Waals surface area contributed by atoms with Gasteiger partial charge in [-0.25, -0.2) is 0 Å². The summed E-state index contributed by atoms with van der Waals surface area (Å²) >= 11 is 0. The Morgan fingerprint density at radius 1 is 1.17 bits per heavy atom. The second kappa shape index (κ2) is 10.1. The fourth-order valence-electron chi connectivity index (χ4n) is 1.93. The Bertz CT molecular complexity index is 256. The highest BCUT2D eigenvalue weighted by molar-refractivity contribution is 5.85. The zero-order chi connectivity index (χ0) is 12.5. The Kier molecular flexibility index (Phi) is 9.69. The topological polar surface area (TPSA) is 70.2 Å². The van der Waals surface area contributed by atoms with Crippen LogP contribution < -0.4 is 16.0 Å². The Hall–Kier alpha value is -0.810. The molecule has 0 saturated carbocycles. The minimum atomic E-state index is -0.106. The number of nitrogens with one attached hydrogen (secondary N) is 3. The van der Waals surface area contributed by atoms with Gasteiger partial charge >= 0.3 is 0 Å². The van der Waals surface area contributed by atoms with E-state index in [1.165, 1.54) is 0 Å². The van der Waals surface area contributed by atoms with Crippen LogP contribution in [0.1, 0.15) is 32.6 Å². The molecule has 1 fully saturated rings. The smallest absolute Gasteiger partial charge is 0.239 e. The van der Waals surface area contributed by atoms with Crippen LogP contribution in [-0.2, 0) is 9.59 Å². The van der Waals surface area contributed by atoms with Crippen molar-refractivity contribution in [1.82, 2.24) is 16.0 Å². The molecule has 0 aromatic carbocycles. The van der Waals surface area contributed by atoms with Crippen molar-refractivity contribution in [3.05, 3.63) is 0 Å². The van der Waals surface area contributed by atoms with Crippen LogP contribution in [0.5, 0.6) is 0 Å². The summed E-state index contributed by atoms with van der Waals surface area (Å²) in [6.45, 7) is 4.76. The van der Waals surface area contributed by atoms with Gasteiger partial charge in [-0.05, 0) is 38.3 Å². The highest BCUT2D eigenvalue weighted by atomic mass is 35.5. The second-order valence-corrected chi connectivity index (χ2v) is 4.52. The molecule has 0 bridgehead atoms. The summed E-state index contributed by atoms with van der Waals surface area (Å²) in [6, 6.07) is 0. The lowest BCUT2D eigenvalue weighted by molar-refractivity contribution is -0.126. The minimum absolute atomic E-state index is 0.